The molecule has 0 aliphatic carbocycles. The molecule has 0 bridgehead atoms. The fourth-order valence-corrected chi connectivity index (χ4v) is 5.56. The van der Waals surface area contributed by atoms with Crippen LogP contribution in [-0.4, -0.2) is 25.1 Å². The fourth-order valence-electron chi connectivity index (χ4n) is 4.14. The Balaban J connectivity index is 1.73. The van der Waals surface area contributed by atoms with E-state index in [-0.39, 0.29) is 4.90 Å². The third-order valence-corrected chi connectivity index (χ3v) is 7.54. The van der Waals surface area contributed by atoms with E-state index in [0.29, 0.717) is 12.3 Å². The van der Waals surface area contributed by atoms with Crippen LogP contribution in [0.1, 0.15) is 22.9 Å². The number of aryl methyl sites for hydroxylation is 1. The van der Waals surface area contributed by atoms with Crippen LogP contribution in [0.2, 0.25) is 0 Å². The van der Waals surface area contributed by atoms with Crippen LogP contribution in [0.5, 0.6) is 0 Å². The highest BCUT2D eigenvalue weighted by Crippen LogP contribution is 2.37. The van der Waals surface area contributed by atoms with Crippen molar-refractivity contribution in [3.05, 3.63) is 132 Å². The van der Waals surface area contributed by atoms with E-state index in [1.807, 2.05) is 91.9 Å². The van der Waals surface area contributed by atoms with Gasteiger partial charge in [-0.05, 0) is 42.3 Å². The molecule has 0 saturated carbocycles. The highest BCUT2D eigenvalue weighted by atomic mass is 32.2. The molecular formula is C28H25N3O2S. The first-order valence-electron chi connectivity index (χ1n) is 11.1. The van der Waals surface area contributed by atoms with E-state index < -0.39 is 16.2 Å². The Morgan fingerprint density at radius 2 is 1.29 bits per heavy atom. The number of hydrogen-bond donors (Lipinski definition) is 0. The molecule has 0 radical (unpaired) electrons. The first-order chi connectivity index (χ1) is 16.5. The smallest absolute Gasteiger partial charge is 0.281 e. The minimum Gasteiger partial charge on any atom is -0.339 e. The zero-order chi connectivity index (χ0) is 23.5. The molecule has 1 unspecified atom stereocenters. The van der Waals surface area contributed by atoms with Crippen molar-refractivity contribution in [2.24, 2.45) is 5.10 Å². The number of nitrogens with zero attached hydrogens (tertiary/aromatic N) is 3. The lowest BCUT2D eigenvalue weighted by molar-refractivity contribution is 0.317. The van der Waals surface area contributed by atoms with E-state index in [0.717, 1.165) is 22.4 Å². The van der Waals surface area contributed by atoms with Crippen LogP contribution in [0.3, 0.4) is 0 Å². The van der Waals surface area contributed by atoms with Crippen LogP contribution in [-0.2, 0) is 10.0 Å². The summed E-state index contributed by atoms with van der Waals surface area (Å²) in [6, 6.07) is 36.1. The first kappa shape index (κ1) is 21.9. The molecule has 0 N–H and O–H groups in total. The molecule has 34 heavy (non-hydrogen) atoms. The number of benzene rings is 4. The van der Waals surface area contributed by atoms with Crippen molar-refractivity contribution >= 4 is 21.4 Å². The van der Waals surface area contributed by atoms with E-state index in [2.05, 4.69) is 4.90 Å². The third-order valence-electron chi connectivity index (χ3n) is 5.90. The predicted molar refractivity (Wildman–Crippen MR) is 136 cm³/mol. The Morgan fingerprint density at radius 1 is 0.735 bits per heavy atom. The largest absolute Gasteiger partial charge is 0.339 e. The molecule has 6 heteroatoms. The highest BCUT2D eigenvalue weighted by molar-refractivity contribution is 7.89. The number of anilines is 1. The fraction of sp³-hybridized carbons (Fsp3) is 0.107. The number of sulfonamides is 1. The zero-order valence-electron chi connectivity index (χ0n) is 18.8. The molecule has 1 atom stereocenters. The molecule has 4 aromatic rings. The van der Waals surface area contributed by atoms with Crippen LogP contribution in [0.15, 0.2) is 125 Å². The maximum atomic E-state index is 14.0. The van der Waals surface area contributed by atoms with Crippen LogP contribution in [0.4, 0.5) is 5.69 Å². The second-order valence-electron chi connectivity index (χ2n) is 8.25. The monoisotopic (exact) mass is 467 g/mol. The summed E-state index contributed by atoms with van der Waals surface area (Å²) >= 11 is 0. The maximum Gasteiger partial charge on any atom is 0.281 e. The highest BCUT2D eigenvalue weighted by Gasteiger charge is 2.39. The van der Waals surface area contributed by atoms with E-state index >= 15 is 0 Å². The van der Waals surface area contributed by atoms with E-state index in [9.17, 15) is 8.42 Å². The van der Waals surface area contributed by atoms with Gasteiger partial charge in [0.1, 0.15) is 0 Å². The number of para-hydroxylation sites is 1. The average Bonchev–Trinajstić information content (AvgIpc) is 2.90. The zero-order valence-corrected chi connectivity index (χ0v) is 19.6. The number of hydrazone groups is 1. The summed E-state index contributed by atoms with van der Waals surface area (Å²) in [5, 5.41) is 4.78. The third kappa shape index (κ3) is 4.20. The summed E-state index contributed by atoms with van der Waals surface area (Å²) in [5.74, 6) is 0. The summed E-state index contributed by atoms with van der Waals surface area (Å²) < 4.78 is 29.2. The quantitative estimate of drug-likeness (QED) is 0.383. The molecule has 0 saturated heterocycles. The van der Waals surface area contributed by atoms with Gasteiger partial charge in [-0.1, -0.05) is 96.6 Å². The van der Waals surface area contributed by atoms with E-state index in [1.54, 1.807) is 30.3 Å². The van der Waals surface area contributed by atoms with Gasteiger partial charge in [0.2, 0.25) is 0 Å². The molecule has 0 amide bonds. The van der Waals surface area contributed by atoms with Gasteiger partial charge in [-0.2, -0.15) is 17.9 Å². The second-order valence-corrected chi connectivity index (χ2v) is 10.0. The molecule has 1 aliphatic rings. The van der Waals surface area contributed by atoms with Gasteiger partial charge in [-0.15, -0.1) is 0 Å². The molecule has 5 rings (SSSR count). The predicted octanol–water partition coefficient (Wildman–Crippen LogP) is 5.61. The van der Waals surface area contributed by atoms with Gasteiger partial charge < -0.3 is 4.90 Å². The lowest BCUT2D eigenvalue weighted by atomic mass is 10.0. The Hall–Kier alpha value is -3.90. The topological polar surface area (TPSA) is 53.0 Å². The lowest BCUT2D eigenvalue weighted by Crippen LogP contribution is -2.49. The maximum absolute atomic E-state index is 14.0. The van der Waals surface area contributed by atoms with Crippen molar-refractivity contribution < 1.29 is 8.42 Å². The summed E-state index contributed by atoms with van der Waals surface area (Å²) in [6.07, 6.45) is -0.636. The standard InChI is InChI=1S/C28H25N3O2S/c1-22-17-19-23(20-18-22)27-21-30(25-13-7-3-8-14-25)28(24-11-5-2-6-12-24)31(29-27)34(32,33)26-15-9-4-10-16-26/h2-20,28H,21H2,1H3. The van der Waals surface area contributed by atoms with Crippen LogP contribution >= 0.6 is 0 Å². The summed E-state index contributed by atoms with van der Waals surface area (Å²) in [6.45, 7) is 2.49. The lowest BCUT2D eigenvalue weighted by Gasteiger charge is -2.43. The number of rotatable bonds is 5. The van der Waals surface area contributed by atoms with Gasteiger partial charge in [0.15, 0.2) is 6.17 Å². The van der Waals surface area contributed by atoms with Gasteiger partial charge in [0.25, 0.3) is 10.0 Å². The van der Waals surface area contributed by atoms with Crippen LogP contribution < -0.4 is 4.90 Å². The molecule has 1 heterocycles. The minimum atomic E-state index is -3.95. The van der Waals surface area contributed by atoms with E-state index in [4.69, 9.17) is 5.10 Å². The average molecular weight is 468 g/mol. The van der Waals surface area contributed by atoms with Gasteiger partial charge in [-0.3, -0.25) is 0 Å². The van der Waals surface area contributed by atoms with Crippen LogP contribution in [0.25, 0.3) is 0 Å². The second kappa shape index (κ2) is 9.15. The van der Waals surface area contributed by atoms with E-state index in [1.165, 1.54) is 4.41 Å². The van der Waals surface area contributed by atoms with Crippen molar-refractivity contribution in [1.29, 1.82) is 0 Å². The van der Waals surface area contributed by atoms with Crippen molar-refractivity contribution in [3.8, 4) is 0 Å². The van der Waals surface area contributed by atoms with Crippen LogP contribution in [0, 0.1) is 6.92 Å². The summed E-state index contributed by atoms with van der Waals surface area (Å²) in [5.41, 5.74) is 4.49. The molecule has 5 nitrogen and oxygen atoms in total. The molecule has 0 fully saturated rings. The molecule has 0 spiro atoms. The first-order valence-corrected chi connectivity index (χ1v) is 12.6. The molecule has 4 aromatic carbocycles. The van der Waals surface area contributed by atoms with Crippen molar-refractivity contribution in [2.45, 2.75) is 18.0 Å². The molecule has 0 aromatic heterocycles. The normalized spacial score (nSPS) is 16.3. The molecular weight excluding hydrogens is 442 g/mol. The van der Waals surface area contributed by atoms with Gasteiger partial charge in [-0.25, -0.2) is 0 Å². The van der Waals surface area contributed by atoms with Gasteiger partial charge in [0, 0.05) is 5.69 Å². The van der Waals surface area contributed by atoms with Gasteiger partial charge >= 0.3 is 0 Å². The van der Waals surface area contributed by atoms with Gasteiger partial charge in [0.05, 0.1) is 17.2 Å². The van der Waals surface area contributed by atoms with Crippen molar-refractivity contribution in [2.75, 3.05) is 11.4 Å². The Kier molecular flexibility index (Phi) is 5.90. The Morgan fingerprint density at radius 3 is 1.91 bits per heavy atom. The van der Waals surface area contributed by atoms with Crippen molar-refractivity contribution in [3.63, 3.8) is 0 Å². The van der Waals surface area contributed by atoms with Crippen molar-refractivity contribution in [1.82, 2.24) is 4.41 Å². The molecule has 1 aliphatic heterocycles. The number of hydrogen-bond acceptors (Lipinski definition) is 4. The minimum absolute atomic E-state index is 0.206. The molecule has 170 valence electrons. The summed E-state index contributed by atoms with van der Waals surface area (Å²) in [4.78, 5) is 2.30. The summed E-state index contributed by atoms with van der Waals surface area (Å²) in [7, 11) is -3.95. The Bertz CT molecular complexity index is 1390. The Labute approximate surface area is 200 Å². The SMILES string of the molecule is Cc1ccc(C2=NN(S(=O)(=O)c3ccccc3)C(c3ccccc3)N(c3ccccc3)C2)cc1.